The minimum atomic E-state index is -0.380. The van der Waals surface area contributed by atoms with E-state index in [1.54, 1.807) is 7.11 Å². The van der Waals surface area contributed by atoms with Gasteiger partial charge in [0.1, 0.15) is 18.3 Å². The molecule has 2 aromatic heterocycles. The van der Waals surface area contributed by atoms with Crippen LogP contribution in [0.5, 0.6) is 5.75 Å². The van der Waals surface area contributed by atoms with Gasteiger partial charge in [-0.2, -0.15) is 5.10 Å². The predicted molar refractivity (Wildman–Crippen MR) is 85.8 cm³/mol. The molecule has 3 rings (SSSR count). The van der Waals surface area contributed by atoms with E-state index in [1.165, 1.54) is 18.9 Å². The first kappa shape index (κ1) is 15.5. The lowest BCUT2D eigenvalue weighted by atomic mass is 10.0. The molecule has 0 saturated carbocycles. The van der Waals surface area contributed by atoms with Crippen LogP contribution in [0.1, 0.15) is 27.3 Å². The molecule has 7 nitrogen and oxygen atoms in total. The average molecular weight is 325 g/mol. The first-order valence-corrected chi connectivity index (χ1v) is 7.16. The summed E-state index contributed by atoms with van der Waals surface area (Å²) in [6, 6.07) is 7.54. The molecule has 0 aliphatic heterocycles. The van der Waals surface area contributed by atoms with Crippen LogP contribution in [-0.2, 0) is 6.42 Å². The highest BCUT2D eigenvalue weighted by Gasteiger charge is 2.15. The highest BCUT2D eigenvalue weighted by atomic mass is 16.5. The van der Waals surface area contributed by atoms with Crippen LogP contribution in [0.3, 0.4) is 0 Å². The summed E-state index contributed by atoms with van der Waals surface area (Å²) in [4.78, 5) is 16.1. The number of ether oxygens (including phenoxy) is 1. The first-order chi connectivity index (χ1) is 11.7. The van der Waals surface area contributed by atoms with Crippen LogP contribution in [0.15, 0.2) is 53.6 Å². The van der Waals surface area contributed by atoms with Gasteiger partial charge in [0.25, 0.3) is 0 Å². The normalized spacial score (nSPS) is 11.5. The van der Waals surface area contributed by atoms with Gasteiger partial charge in [0.2, 0.25) is 5.82 Å². The molecule has 0 fully saturated rings. The summed E-state index contributed by atoms with van der Waals surface area (Å²) in [5.41, 5.74) is 2.12. The maximum atomic E-state index is 12.3. The highest BCUT2D eigenvalue weighted by molar-refractivity contribution is 6.08. The number of allylic oxidation sites excluding steroid dienone is 1. The van der Waals surface area contributed by atoms with Crippen molar-refractivity contribution < 1.29 is 19.1 Å². The lowest BCUT2D eigenvalue weighted by Gasteiger charge is -2.03. The van der Waals surface area contributed by atoms with E-state index < -0.39 is 0 Å². The van der Waals surface area contributed by atoms with Crippen molar-refractivity contribution in [3.63, 3.8) is 0 Å². The number of methoxy groups -OCH3 is 1. The summed E-state index contributed by atoms with van der Waals surface area (Å²) in [7, 11) is 1.61. The smallest absolute Gasteiger partial charge is 0.215 e. The summed E-state index contributed by atoms with van der Waals surface area (Å²) in [5, 5.41) is 16.1. The van der Waals surface area contributed by atoms with Crippen molar-refractivity contribution in [2.45, 2.75) is 6.42 Å². The van der Waals surface area contributed by atoms with E-state index >= 15 is 0 Å². The minimum absolute atomic E-state index is 0.0588. The van der Waals surface area contributed by atoms with Gasteiger partial charge in [-0.25, -0.2) is 4.98 Å². The van der Waals surface area contributed by atoms with Crippen LogP contribution >= 0.6 is 0 Å². The Kier molecular flexibility index (Phi) is 4.42. The second-order valence-corrected chi connectivity index (χ2v) is 5.05. The van der Waals surface area contributed by atoms with E-state index in [2.05, 4.69) is 15.2 Å². The fourth-order valence-electron chi connectivity index (χ4n) is 2.24. The third kappa shape index (κ3) is 3.35. The number of carbonyl (C=O) groups is 1. The molecule has 1 aromatic carbocycles. The standard InChI is InChI=1S/C17H15N3O4/c1-23-13-4-2-11(3-5-13)6-12-8-24-9-14(12)15(21)7-16(22)17-18-10-19-20-17/h2-5,7-10,22H,6H2,1H3,(H,18,19,20). The van der Waals surface area contributed by atoms with Gasteiger partial charge in [-0.15, -0.1) is 0 Å². The molecule has 0 spiro atoms. The average Bonchev–Trinajstić information content (AvgIpc) is 3.27. The maximum Gasteiger partial charge on any atom is 0.215 e. The third-order valence-corrected chi connectivity index (χ3v) is 3.47. The number of hydrogen-bond donors (Lipinski definition) is 2. The monoisotopic (exact) mass is 325 g/mol. The Morgan fingerprint density at radius 2 is 2.12 bits per heavy atom. The van der Waals surface area contributed by atoms with E-state index in [4.69, 9.17) is 9.15 Å². The Balaban J connectivity index is 1.79. The summed E-state index contributed by atoms with van der Waals surface area (Å²) >= 11 is 0. The van der Waals surface area contributed by atoms with Gasteiger partial charge in [-0.3, -0.25) is 9.89 Å². The first-order valence-electron chi connectivity index (χ1n) is 7.16. The summed E-state index contributed by atoms with van der Waals surface area (Å²) in [6.07, 6.45) is 5.80. The molecule has 0 aliphatic rings. The number of aliphatic hydroxyl groups excluding tert-OH is 1. The van der Waals surface area contributed by atoms with Gasteiger partial charge in [-0.1, -0.05) is 12.1 Å². The molecular formula is C17H15N3O4. The number of rotatable bonds is 6. The molecule has 122 valence electrons. The molecule has 0 amide bonds. The molecule has 7 heteroatoms. The van der Waals surface area contributed by atoms with Gasteiger partial charge in [0, 0.05) is 18.1 Å². The molecule has 0 aliphatic carbocycles. The molecule has 0 bridgehead atoms. The number of furan rings is 1. The Hall–Kier alpha value is -3.35. The topological polar surface area (TPSA) is 101 Å². The Labute approximate surface area is 137 Å². The van der Waals surface area contributed by atoms with Crippen LogP contribution in [0, 0.1) is 0 Å². The fraction of sp³-hybridized carbons (Fsp3) is 0.118. The van der Waals surface area contributed by atoms with Crippen molar-refractivity contribution in [3.8, 4) is 5.75 Å². The lowest BCUT2D eigenvalue weighted by Crippen LogP contribution is -2.00. The summed E-state index contributed by atoms with van der Waals surface area (Å²) < 4.78 is 10.3. The van der Waals surface area contributed by atoms with Crippen molar-refractivity contribution in [2.75, 3.05) is 7.11 Å². The van der Waals surface area contributed by atoms with Gasteiger partial charge in [0.15, 0.2) is 11.5 Å². The van der Waals surface area contributed by atoms with Crippen molar-refractivity contribution in [1.29, 1.82) is 0 Å². The number of ketones is 1. The number of nitrogens with one attached hydrogen (secondary N) is 1. The highest BCUT2D eigenvalue weighted by Crippen LogP contribution is 2.20. The number of carbonyl (C=O) groups excluding carboxylic acids is 1. The van der Waals surface area contributed by atoms with E-state index in [0.717, 1.165) is 23.0 Å². The van der Waals surface area contributed by atoms with Crippen LogP contribution in [0.4, 0.5) is 0 Å². The Morgan fingerprint density at radius 3 is 2.79 bits per heavy atom. The van der Waals surface area contributed by atoms with Crippen molar-refractivity contribution in [2.24, 2.45) is 0 Å². The molecular weight excluding hydrogens is 310 g/mol. The molecule has 24 heavy (non-hydrogen) atoms. The zero-order chi connectivity index (χ0) is 16.9. The molecule has 2 heterocycles. The molecule has 3 aromatic rings. The molecule has 0 saturated heterocycles. The van der Waals surface area contributed by atoms with Crippen LogP contribution < -0.4 is 4.74 Å². The zero-order valence-corrected chi connectivity index (χ0v) is 12.9. The summed E-state index contributed by atoms with van der Waals surface area (Å²) in [5.74, 6) is 0.137. The van der Waals surface area contributed by atoms with E-state index in [9.17, 15) is 9.90 Å². The fourth-order valence-corrected chi connectivity index (χ4v) is 2.24. The minimum Gasteiger partial charge on any atom is -0.504 e. The van der Waals surface area contributed by atoms with Crippen LogP contribution in [-0.4, -0.2) is 33.2 Å². The zero-order valence-electron chi connectivity index (χ0n) is 12.9. The van der Waals surface area contributed by atoms with Gasteiger partial charge < -0.3 is 14.3 Å². The number of nitrogens with zero attached hydrogens (tertiary/aromatic N) is 2. The Bertz CT molecular complexity index is 848. The third-order valence-electron chi connectivity index (χ3n) is 3.47. The van der Waals surface area contributed by atoms with E-state index in [1.807, 2.05) is 24.3 Å². The van der Waals surface area contributed by atoms with Crippen molar-refractivity contribution in [3.05, 3.63) is 71.7 Å². The summed E-state index contributed by atoms with van der Waals surface area (Å²) in [6.45, 7) is 0. The maximum absolute atomic E-state index is 12.3. The molecule has 0 atom stereocenters. The largest absolute Gasteiger partial charge is 0.504 e. The second-order valence-electron chi connectivity index (χ2n) is 5.05. The number of aromatic amines is 1. The number of hydrogen-bond acceptors (Lipinski definition) is 6. The predicted octanol–water partition coefficient (Wildman–Crippen LogP) is 2.78. The SMILES string of the molecule is COc1ccc(Cc2cocc2C(=O)C=C(O)c2nc[nH]n2)cc1. The van der Waals surface area contributed by atoms with Crippen LogP contribution in [0.2, 0.25) is 0 Å². The number of aromatic nitrogens is 3. The molecule has 2 N–H and O–H groups in total. The Morgan fingerprint density at radius 1 is 1.33 bits per heavy atom. The quantitative estimate of drug-likeness (QED) is 0.410. The molecule has 0 radical (unpaired) electrons. The van der Waals surface area contributed by atoms with Crippen LogP contribution in [0.25, 0.3) is 5.76 Å². The van der Waals surface area contributed by atoms with Gasteiger partial charge in [0.05, 0.1) is 18.9 Å². The van der Waals surface area contributed by atoms with E-state index in [0.29, 0.717) is 12.0 Å². The number of aliphatic hydroxyl groups is 1. The lowest BCUT2D eigenvalue weighted by molar-refractivity contribution is 0.104. The van der Waals surface area contributed by atoms with Gasteiger partial charge in [-0.05, 0) is 17.7 Å². The van der Waals surface area contributed by atoms with E-state index in [-0.39, 0.29) is 17.4 Å². The second kappa shape index (κ2) is 6.82. The number of H-pyrrole nitrogens is 1. The van der Waals surface area contributed by atoms with Crippen molar-refractivity contribution >= 4 is 11.5 Å². The molecule has 0 unspecified atom stereocenters. The van der Waals surface area contributed by atoms with Gasteiger partial charge >= 0.3 is 0 Å². The van der Waals surface area contributed by atoms with Crippen molar-refractivity contribution in [1.82, 2.24) is 15.2 Å². The number of benzene rings is 1.